The molecule has 6 heteroatoms. The van der Waals surface area contributed by atoms with E-state index >= 15 is 0 Å². The molecule has 22 heavy (non-hydrogen) atoms. The Hall–Kier alpha value is -2.47. The molecule has 0 aliphatic rings. The maximum absolute atomic E-state index is 12.0. The van der Waals surface area contributed by atoms with E-state index in [1.165, 1.54) is 4.88 Å². The zero-order valence-corrected chi connectivity index (χ0v) is 13.0. The summed E-state index contributed by atoms with van der Waals surface area (Å²) >= 11 is 1.64. The number of hydrogen-bond donors (Lipinski definition) is 1. The minimum Gasteiger partial charge on any atom is -0.309 e. The first-order valence-corrected chi connectivity index (χ1v) is 7.79. The molecule has 0 aliphatic heterocycles. The van der Waals surface area contributed by atoms with Gasteiger partial charge in [0, 0.05) is 28.2 Å². The molecule has 3 aromatic rings. The van der Waals surface area contributed by atoms with Crippen LogP contribution >= 0.6 is 11.3 Å². The van der Waals surface area contributed by atoms with Gasteiger partial charge in [-0.15, -0.1) is 11.3 Å². The number of nitrogens with one attached hydrogen (secondary N) is 1. The summed E-state index contributed by atoms with van der Waals surface area (Å²) in [7, 11) is 0. The zero-order valence-electron chi connectivity index (χ0n) is 12.2. The van der Waals surface area contributed by atoms with E-state index in [1.54, 1.807) is 28.3 Å². The van der Waals surface area contributed by atoms with Crippen LogP contribution in [0.3, 0.4) is 0 Å². The number of nitrogens with zero attached hydrogens (tertiary/aromatic N) is 3. The molecule has 1 amide bonds. The Bertz CT molecular complexity index is 763. The predicted molar refractivity (Wildman–Crippen MR) is 87.0 cm³/mol. The van der Waals surface area contributed by atoms with Gasteiger partial charge in [-0.25, -0.2) is 0 Å². The van der Waals surface area contributed by atoms with Crippen molar-refractivity contribution in [3.8, 4) is 0 Å². The van der Waals surface area contributed by atoms with E-state index in [1.807, 2.05) is 43.5 Å². The van der Waals surface area contributed by atoms with Gasteiger partial charge in [0.05, 0.1) is 18.7 Å². The number of anilines is 1. The van der Waals surface area contributed by atoms with Crippen LogP contribution in [0.4, 0.5) is 5.82 Å². The van der Waals surface area contributed by atoms with Crippen LogP contribution in [0.2, 0.25) is 0 Å². The Morgan fingerprint density at radius 1 is 1.27 bits per heavy atom. The first kappa shape index (κ1) is 14.5. The molecular weight excluding hydrogens is 296 g/mol. The highest BCUT2D eigenvalue weighted by Crippen LogP contribution is 2.16. The number of thiophene rings is 1. The molecule has 0 unspecified atom stereocenters. The monoisotopic (exact) mass is 312 g/mol. The lowest BCUT2D eigenvalue weighted by molar-refractivity contribution is -0.115. The number of pyridine rings is 1. The summed E-state index contributed by atoms with van der Waals surface area (Å²) in [4.78, 5) is 18.5. The lowest BCUT2D eigenvalue weighted by atomic mass is 10.3. The Morgan fingerprint density at radius 2 is 2.18 bits per heavy atom. The summed E-state index contributed by atoms with van der Waals surface area (Å²) in [6, 6.07) is 11.6. The molecule has 112 valence electrons. The molecule has 0 saturated carbocycles. The molecule has 1 N–H and O–H groups in total. The molecule has 0 atom stereocenters. The van der Waals surface area contributed by atoms with E-state index in [0.29, 0.717) is 18.8 Å². The third kappa shape index (κ3) is 3.79. The first-order chi connectivity index (χ1) is 10.7. The minimum atomic E-state index is -0.0510. The average molecular weight is 312 g/mol. The molecule has 3 aromatic heterocycles. The van der Waals surface area contributed by atoms with Crippen molar-refractivity contribution < 1.29 is 4.79 Å². The van der Waals surface area contributed by atoms with E-state index < -0.39 is 0 Å². The van der Waals surface area contributed by atoms with Gasteiger partial charge in [0.2, 0.25) is 5.91 Å². The molecule has 3 rings (SSSR count). The minimum absolute atomic E-state index is 0.0510. The number of hydrogen-bond acceptors (Lipinski definition) is 4. The van der Waals surface area contributed by atoms with Crippen LogP contribution in [0.15, 0.2) is 48.8 Å². The molecule has 0 fully saturated rings. The summed E-state index contributed by atoms with van der Waals surface area (Å²) in [6.07, 6.45) is 3.97. The second-order valence-electron chi connectivity index (χ2n) is 4.96. The zero-order chi connectivity index (χ0) is 15.4. The van der Waals surface area contributed by atoms with Gasteiger partial charge >= 0.3 is 0 Å². The second-order valence-corrected chi connectivity index (χ2v) is 6.33. The molecule has 0 bridgehead atoms. The van der Waals surface area contributed by atoms with Crippen molar-refractivity contribution in [1.82, 2.24) is 14.8 Å². The fourth-order valence-electron chi connectivity index (χ4n) is 2.10. The molecule has 0 aromatic carbocycles. The van der Waals surface area contributed by atoms with Crippen molar-refractivity contribution >= 4 is 23.1 Å². The van der Waals surface area contributed by atoms with E-state index in [4.69, 9.17) is 0 Å². The lowest BCUT2D eigenvalue weighted by Crippen LogP contribution is -2.14. The molecule has 5 nitrogen and oxygen atoms in total. The lowest BCUT2D eigenvalue weighted by Gasteiger charge is -2.02. The van der Waals surface area contributed by atoms with Gasteiger partial charge in [-0.05, 0) is 31.2 Å². The Labute approximate surface area is 132 Å². The van der Waals surface area contributed by atoms with Crippen LogP contribution in [0.1, 0.15) is 15.4 Å². The molecule has 0 radical (unpaired) electrons. The van der Waals surface area contributed by atoms with Crippen molar-refractivity contribution in [1.29, 1.82) is 0 Å². The first-order valence-electron chi connectivity index (χ1n) is 6.97. The van der Waals surface area contributed by atoms with E-state index in [-0.39, 0.29) is 5.91 Å². The highest BCUT2D eigenvalue weighted by atomic mass is 32.1. The number of aryl methyl sites for hydroxylation is 1. The van der Waals surface area contributed by atoms with Gasteiger partial charge in [-0.1, -0.05) is 6.07 Å². The van der Waals surface area contributed by atoms with Crippen LogP contribution < -0.4 is 5.32 Å². The topological polar surface area (TPSA) is 59.8 Å². The predicted octanol–water partition coefficient (Wildman–Crippen LogP) is 2.88. The number of amides is 1. The summed E-state index contributed by atoms with van der Waals surface area (Å²) < 4.78 is 1.76. The third-order valence-corrected chi connectivity index (χ3v) is 4.09. The Morgan fingerprint density at radius 3 is 2.91 bits per heavy atom. The molecule has 0 saturated heterocycles. The Balaban J connectivity index is 1.58. The van der Waals surface area contributed by atoms with Gasteiger partial charge in [0.25, 0.3) is 0 Å². The standard InChI is InChI=1S/C16H16N4OS/c1-12-5-6-14(22-12)10-16(21)18-15-7-9-20(19-15)11-13-4-2-3-8-17-13/h2-9H,10-11H2,1H3,(H,18,19,21). The quantitative estimate of drug-likeness (QED) is 0.788. The average Bonchev–Trinajstić information content (AvgIpc) is 3.09. The summed E-state index contributed by atoms with van der Waals surface area (Å²) in [5.74, 6) is 0.513. The largest absolute Gasteiger partial charge is 0.309 e. The number of aromatic nitrogens is 3. The molecule has 0 aliphatic carbocycles. The van der Waals surface area contributed by atoms with E-state index in [0.717, 1.165) is 10.6 Å². The summed E-state index contributed by atoms with van der Waals surface area (Å²) in [5, 5.41) is 7.16. The summed E-state index contributed by atoms with van der Waals surface area (Å²) in [5.41, 5.74) is 0.928. The maximum atomic E-state index is 12.0. The van der Waals surface area contributed by atoms with Crippen LogP contribution in [0.5, 0.6) is 0 Å². The van der Waals surface area contributed by atoms with Crippen LogP contribution in [-0.2, 0) is 17.8 Å². The van der Waals surface area contributed by atoms with E-state index in [2.05, 4.69) is 15.4 Å². The Kier molecular flexibility index (Phi) is 4.29. The number of carbonyl (C=O) groups is 1. The summed E-state index contributed by atoms with van der Waals surface area (Å²) in [6.45, 7) is 2.62. The normalized spacial score (nSPS) is 10.6. The highest BCUT2D eigenvalue weighted by molar-refractivity contribution is 7.12. The third-order valence-electron chi connectivity index (χ3n) is 3.09. The molecule has 3 heterocycles. The molecule has 0 spiro atoms. The highest BCUT2D eigenvalue weighted by Gasteiger charge is 2.08. The van der Waals surface area contributed by atoms with Crippen LogP contribution in [-0.4, -0.2) is 20.7 Å². The van der Waals surface area contributed by atoms with Crippen LogP contribution in [0, 0.1) is 6.92 Å². The van der Waals surface area contributed by atoms with Gasteiger partial charge in [0.15, 0.2) is 5.82 Å². The van der Waals surface area contributed by atoms with Gasteiger partial charge in [0.1, 0.15) is 0 Å². The number of rotatable bonds is 5. The van der Waals surface area contributed by atoms with Crippen molar-refractivity contribution in [3.05, 3.63) is 64.2 Å². The number of carbonyl (C=O) groups excluding carboxylic acids is 1. The maximum Gasteiger partial charge on any atom is 0.230 e. The van der Waals surface area contributed by atoms with Gasteiger partial charge < -0.3 is 5.32 Å². The fraction of sp³-hybridized carbons (Fsp3) is 0.188. The van der Waals surface area contributed by atoms with E-state index in [9.17, 15) is 4.79 Å². The van der Waals surface area contributed by atoms with Crippen molar-refractivity contribution in [2.24, 2.45) is 0 Å². The van der Waals surface area contributed by atoms with Gasteiger partial charge in [-0.2, -0.15) is 5.10 Å². The van der Waals surface area contributed by atoms with Crippen LogP contribution in [0.25, 0.3) is 0 Å². The SMILES string of the molecule is Cc1ccc(CC(=O)Nc2ccn(Cc3ccccn3)n2)s1. The fourth-order valence-corrected chi connectivity index (χ4v) is 2.99. The van der Waals surface area contributed by atoms with Gasteiger partial charge in [-0.3, -0.25) is 14.5 Å². The van der Waals surface area contributed by atoms with Crippen molar-refractivity contribution in [2.45, 2.75) is 19.9 Å². The second kappa shape index (κ2) is 6.53. The molecular formula is C16H16N4OS. The van der Waals surface area contributed by atoms with Crippen molar-refractivity contribution in [2.75, 3.05) is 5.32 Å². The van der Waals surface area contributed by atoms with Crippen molar-refractivity contribution in [3.63, 3.8) is 0 Å². The smallest absolute Gasteiger partial charge is 0.230 e.